The number of hydrogen-bond acceptors (Lipinski definition) is 6. The van der Waals surface area contributed by atoms with Gasteiger partial charge in [0.1, 0.15) is 0 Å². The van der Waals surface area contributed by atoms with Crippen LogP contribution in [0, 0.1) is 11.6 Å². The van der Waals surface area contributed by atoms with Gasteiger partial charge in [-0.05, 0) is 11.6 Å². The molecule has 2 N–H and O–H groups in total. The number of benzene rings is 2. The lowest BCUT2D eigenvalue weighted by Crippen LogP contribution is -2.15. The summed E-state index contributed by atoms with van der Waals surface area (Å²) in [6, 6.07) is 10.1. The van der Waals surface area contributed by atoms with Gasteiger partial charge in [-0.3, -0.25) is 0 Å². The summed E-state index contributed by atoms with van der Waals surface area (Å²) in [4.78, 5) is 0. The average molecular weight is 362 g/mol. The summed E-state index contributed by atoms with van der Waals surface area (Å²) in [7, 11) is 0. The Balaban J connectivity index is 1.73. The van der Waals surface area contributed by atoms with Crippen molar-refractivity contribution in [3.63, 3.8) is 0 Å². The van der Waals surface area contributed by atoms with E-state index in [1.165, 1.54) is 6.07 Å². The summed E-state index contributed by atoms with van der Waals surface area (Å²) in [5, 5.41) is 16.7. The second kappa shape index (κ2) is 6.99. The highest BCUT2D eigenvalue weighted by atomic mass is 19.2. The number of aliphatic hydroxyl groups is 1. The van der Waals surface area contributed by atoms with Crippen LogP contribution in [0.2, 0.25) is 0 Å². The zero-order valence-corrected chi connectivity index (χ0v) is 13.6. The van der Waals surface area contributed by atoms with E-state index in [9.17, 15) is 13.9 Å². The van der Waals surface area contributed by atoms with Gasteiger partial charge in [0, 0.05) is 5.56 Å². The lowest BCUT2D eigenvalue weighted by molar-refractivity contribution is -0.0467. The number of aromatic nitrogens is 1. The number of hydrogen-bond donors (Lipinski definition) is 2. The Morgan fingerprint density at radius 1 is 1.15 bits per heavy atom. The van der Waals surface area contributed by atoms with E-state index in [0.29, 0.717) is 13.2 Å². The molecule has 1 aromatic heterocycles. The molecule has 0 unspecified atom stereocenters. The fourth-order valence-electron chi connectivity index (χ4n) is 2.93. The van der Waals surface area contributed by atoms with E-state index >= 15 is 0 Å². The lowest BCUT2D eigenvalue weighted by Gasteiger charge is -2.16. The van der Waals surface area contributed by atoms with E-state index in [1.807, 2.05) is 30.3 Å². The van der Waals surface area contributed by atoms with Gasteiger partial charge >= 0.3 is 0 Å². The van der Waals surface area contributed by atoms with Gasteiger partial charge < -0.3 is 24.4 Å². The van der Waals surface area contributed by atoms with Crippen molar-refractivity contribution in [2.45, 2.75) is 12.3 Å². The van der Waals surface area contributed by atoms with Crippen LogP contribution < -0.4 is 5.32 Å². The molecule has 1 atom stereocenters. The maximum atomic E-state index is 14.4. The van der Waals surface area contributed by atoms with Crippen molar-refractivity contribution in [3.05, 3.63) is 59.2 Å². The van der Waals surface area contributed by atoms with Crippen LogP contribution in [0.4, 0.5) is 14.6 Å². The zero-order chi connectivity index (χ0) is 18.1. The van der Waals surface area contributed by atoms with Crippen molar-refractivity contribution in [2.24, 2.45) is 0 Å². The molecule has 0 spiro atoms. The molecule has 2 aromatic carbocycles. The first-order chi connectivity index (χ1) is 12.7. The Labute approximate surface area is 147 Å². The van der Waals surface area contributed by atoms with Crippen molar-refractivity contribution < 1.29 is 27.9 Å². The van der Waals surface area contributed by atoms with Crippen molar-refractivity contribution in [3.8, 4) is 0 Å². The fraction of sp³-hybridized carbons (Fsp3) is 0.278. The van der Waals surface area contributed by atoms with Gasteiger partial charge in [-0.1, -0.05) is 35.5 Å². The number of halogens is 2. The van der Waals surface area contributed by atoms with E-state index in [-0.39, 0.29) is 29.0 Å². The van der Waals surface area contributed by atoms with Gasteiger partial charge in [0.15, 0.2) is 17.9 Å². The largest absolute Gasteiger partial charge is 0.394 e. The Hall–Kier alpha value is -2.55. The first kappa shape index (κ1) is 16.9. The van der Waals surface area contributed by atoms with Crippen LogP contribution in [0.15, 0.2) is 40.9 Å². The Bertz CT molecular complexity index is 910. The molecule has 1 aliphatic rings. The zero-order valence-electron chi connectivity index (χ0n) is 13.6. The molecule has 26 heavy (non-hydrogen) atoms. The van der Waals surface area contributed by atoms with Gasteiger partial charge in [-0.2, -0.15) is 4.39 Å². The number of nitrogens with one attached hydrogen (secondary N) is 1. The van der Waals surface area contributed by atoms with Crippen LogP contribution in [0.25, 0.3) is 11.0 Å². The number of ether oxygens (including phenoxy) is 2. The summed E-state index contributed by atoms with van der Waals surface area (Å²) in [5.74, 6) is -2.05. The normalized spacial score (nSPS) is 16.3. The van der Waals surface area contributed by atoms with Crippen LogP contribution >= 0.6 is 0 Å². The van der Waals surface area contributed by atoms with Crippen molar-refractivity contribution >= 4 is 16.8 Å². The van der Waals surface area contributed by atoms with Gasteiger partial charge in [0.05, 0.1) is 31.2 Å². The van der Waals surface area contributed by atoms with Gasteiger partial charge in [0.25, 0.3) is 0 Å². The summed E-state index contributed by atoms with van der Waals surface area (Å²) >= 11 is 0. The molecule has 4 rings (SSSR count). The number of rotatable bonds is 5. The number of nitrogens with zero attached hydrogens (tertiary/aromatic N) is 1. The first-order valence-corrected chi connectivity index (χ1v) is 8.12. The molecule has 1 saturated heterocycles. The highest BCUT2D eigenvalue weighted by molar-refractivity contribution is 5.89. The van der Waals surface area contributed by atoms with Crippen molar-refractivity contribution in [1.29, 1.82) is 0 Å². The SMILES string of the molecule is OC[C@@H](Nc1noc2c(F)c(F)c(C3OCCO3)cc12)c1ccccc1. The molecular formula is C18H16F2N2O4. The maximum Gasteiger partial charge on any atom is 0.207 e. The number of aliphatic hydroxyl groups excluding tert-OH is 1. The molecule has 0 amide bonds. The average Bonchev–Trinajstić information content (AvgIpc) is 3.33. The lowest BCUT2D eigenvalue weighted by atomic mass is 10.1. The minimum absolute atomic E-state index is 0.0565. The Morgan fingerprint density at radius 3 is 2.58 bits per heavy atom. The van der Waals surface area contributed by atoms with Gasteiger partial charge in [-0.25, -0.2) is 4.39 Å². The summed E-state index contributed by atoms with van der Waals surface area (Å²) < 4.78 is 44.2. The third-order valence-electron chi connectivity index (χ3n) is 4.24. The summed E-state index contributed by atoms with van der Waals surface area (Å²) in [6.45, 7) is 0.391. The summed E-state index contributed by atoms with van der Waals surface area (Å²) in [6.07, 6.45) is -0.973. The molecule has 1 aliphatic heterocycles. The van der Waals surface area contributed by atoms with E-state index in [0.717, 1.165) is 5.56 Å². The molecule has 8 heteroatoms. The molecule has 0 saturated carbocycles. The van der Waals surface area contributed by atoms with Crippen molar-refractivity contribution in [2.75, 3.05) is 25.1 Å². The fourth-order valence-corrected chi connectivity index (χ4v) is 2.93. The molecular weight excluding hydrogens is 346 g/mol. The van der Waals surface area contributed by atoms with Crippen LogP contribution in [0.1, 0.15) is 23.5 Å². The minimum Gasteiger partial charge on any atom is -0.394 e. The monoisotopic (exact) mass is 362 g/mol. The predicted octanol–water partition coefficient (Wildman–Crippen LogP) is 3.30. The maximum absolute atomic E-state index is 14.4. The third-order valence-corrected chi connectivity index (χ3v) is 4.24. The summed E-state index contributed by atoms with van der Waals surface area (Å²) in [5.41, 5.74) is 0.451. The van der Waals surface area contributed by atoms with Crippen LogP contribution in [-0.4, -0.2) is 30.1 Å². The standard InChI is InChI=1S/C18H16F2N2O4/c19-14-11(18-24-6-7-25-18)8-12-16(15(14)20)26-22-17(12)21-13(9-23)10-4-2-1-3-5-10/h1-5,8,13,18,23H,6-7,9H2,(H,21,22)/t13-/m1/s1. The van der Waals surface area contributed by atoms with Gasteiger partial charge in [-0.15, -0.1) is 0 Å². The molecule has 3 aromatic rings. The van der Waals surface area contributed by atoms with E-state index < -0.39 is 24.0 Å². The Morgan fingerprint density at radius 2 is 1.88 bits per heavy atom. The molecule has 1 fully saturated rings. The smallest absolute Gasteiger partial charge is 0.207 e. The van der Waals surface area contributed by atoms with Crippen molar-refractivity contribution in [1.82, 2.24) is 5.16 Å². The molecule has 6 nitrogen and oxygen atoms in total. The molecule has 0 bridgehead atoms. The van der Waals surface area contributed by atoms with Gasteiger partial charge in [0.2, 0.25) is 11.4 Å². The van der Waals surface area contributed by atoms with Crippen LogP contribution in [0.5, 0.6) is 0 Å². The van der Waals surface area contributed by atoms with E-state index in [2.05, 4.69) is 10.5 Å². The van der Waals surface area contributed by atoms with Crippen LogP contribution in [0.3, 0.4) is 0 Å². The Kier molecular flexibility index (Phi) is 4.54. The first-order valence-electron chi connectivity index (χ1n) is 8.12. The predicted molar refractivity (Wildman–Crippen MR) is 88.5 cm³/mol. The highest BCUT2D eigenvalue weighted by Gasteiger charge is 2.28. The second-order valence-electron chi connectivity index (χ2n) is 5.87. The minimum atomic E-state index is -1.16. The quantitative estimate of drug-likeness (QED) is 0.725. The molecule has 0 aliphatic carbocycles. The number of fused-ring (bicyclic) bond motifs is 1. The molecule has 2 heterocycles. The van der Waals surface area contributed by atoms with E-state index in [1.54, 1.807) is 0 Å². The van der Waals surface area contributed by atoms with E-state index in [4.69, 9.17) is 14.0 Å². The molecule has 0 radical (unpaired) electrons. The number of anilines is 1. The topological polar surface area (TPSA) is 76.8 Å². The molecule has 136 valence electrons. The second-order valence-corrected chi connectivity index (χ2v) is 5.87. The third kappa shape index (κ3) is 2.92. The highest BCUT2D eigenvalue weighted by Crippen LogP contribution is 2.35. The van der Waals surface area contributed by atoms with Crippen LogP contribution in [-0.2, 0) is 9.47 Å².